The third kappa shape index (κ3) is 6.60. The maximum Gasteiger partial charge on any atom is 0.143 e. The van der Waals surface area contributed by atoms with Crippen LogP contribution in [0.15, 0.2) is 12.2 Å². The van der Waals surface area contributed by atoms with Gasteiger partial charge in [0.15, 0.2) is 0 Å². The second-order valence-electron chi connectivity index (χ2n) is 10.4. The molecule has 1 aliphatic carbocycles. The van der Waals surface area contributed by atoms with Gasteiger partial charge in [-0.3, -0.25) is 0 Å². The smallest absolute Gasteiger partial charge is 0.0998 e. The summed E-state index contributed by atoms with van der Waals surface area (Å²) in [5.74, 6) is 4.18. The lowest BCUT2D eigenvalue weighted by molar-refractivity contribution is 0.336. The van der Waals surface area contributed by atoms with Crippen molar-refractivity contribution in [3.63, 3.8) is 0 Å². The molecule has 0 saturated heterocycles. The molecule has 3 atom stereocenters. The first kappa shape index (κ1) is 21.8. The van der Waals surface area contributed by atoms with Crippen LogP contribution in [0.3, 0.4) is 0 Å². The van der Waals surface area contributed by atoms with Gasteiger partial charge in [-0.15, -0.1) is 0 Å². The summed E-state index contributed by atoms with van der Waals surface area (Å²) in [7, 11) is 0. The fraction of sp³-hybridized carbons (Fsp3) is 0.913. The molecule has 24 heavy (non-hydrogen) atoms. The Morgan fingerprint density at radius 1 is 0.917 bits per heavy atom. The maximum absolute atomic E-state index is 4.38. The van der Waals surface area contributed by atoms with Gasteiger partial charge in [0.25, 0.3) is 0 Å². The first-order valence-corrected chi connectivity index (χ1v) is 10.7. The zero-order valence-electron chi connectivity index (χ0n) is 18.1. The molecule has 1 saturated carbocycles. The van der Waals surface area contributed by atoms with Crippen molar-refractivity contribution in [1.29, 1.82) is 0 Å². The molecule has 1 aliphatic rings. The van der Waals surface area contributed by atoms with E-state index in [1.54, 1.807) is 0 Å². The molecule has 0 N–H and O–H groups in total. The minimum absolute atomic E-state index is 0.541. The van der Waals surface area contributed by atoms with Crippen molar-refractivity contribution in [3.05, 3.63) is 12.2 Å². The maximum atomic E-state index is 4.38. The summed E-state index contributed by atoms with van der Waals surface area (Å²) in [6.07, 6.45) is 9.83. The van der Waals surface area contributed by atoms with E-state index in [4.69, 9.17) is 0 Å². The average molecular weight is 332 g/mol. The zero-order valence-corrected chi connectivity index (χ0v) is 18.1. The summed E-state index contributed by atoms with van der Waals surface area (Å²) < 4.78 is 0. The fourth-order valence-electron chi connectivity index (χ4n) is 4.80. The third-order valence-electron chi connectivity index (χ3n) is 6.57. The van der Waals surface area contributed by atoms with Crippen LogP contribution >= 0.6 is 0 Å². The Morgan fingerprint density at radius 3 is 1.75 bits per heavy atom. The second kappa shape index (κ2) is 9.49. The Balaban J connectivity index is 2.74. The van der Waals surface area contributed by atoms with Crippen LogP contribution in [-0.2, 0) is 0 Å². The van der Waals surface area contributed by atoms with E-state index in [-0.39, 0.29) is 0 Å². The summed E-state index contributed by atoms with van der Waals surface area (Å²) in [4.78, 5) is 0. The summed E-state index contributed by atoms with van der Waals surface area (Å²) in [6, 6.07) is 0. The van der Waals surface area contributed by atoms with Crippen LogP contribution in [0.2, 0.25) is 18.5 Å². The van der Waals surface area contributed by atoms with E-state index in [1.807, 2.05) is 0 Å². The predicted octanol–water partition coefficient (Wildman–Crippen LogP) is 7.98. The van der Waals surface area contributed by atoms with E-state index < -0.39 is 0 Å². The van der Waals surface area contributed by atoms with Gasteiger partial charge < -0.3 is 0 Å². The Labute approximate surface area is 154 Å². The highest BCUT2D eigenvalue weighted by atomic mass is 14.6. The molecule has 0 heterocycles. The van der Waals surface area contributed by atoms with E-state index >= 15 is 0 Å². The van der Waals surface area contributed by atoms with Crippen LogP contribution < -0.4 is 0 Å². The molecular formula is C23H45B. The van der Waals surface area contributed by atoms with Gasteiger partial charge >= 0.3 is 0 Å². The summed E-state index contributed by atoms with van der Waals surface area (Å²) >= 11 is 0. The van der Waals surface area contributed by atoms with Crippen molar-refractivity contribution in [2.75, 3.05) is 0 Å². The lowest BCUT2D eigenvalue weighted by Gasteiger charge is -2.28. The van der Waals surface area contributed by atoms with Crippen molar-refractivity contribution < 1.29 is 0 Å². The molecule has 0 nitrogen and oxygen atoms in total. The number of rotatable bonds is 12. The van der Waals surface area contributed by atoms with E-state index in [1.165, 1.54) is 50.3 Å². The topological polar surface area (TPSA) is 0 Å². The molecule has 1 fully saturated rings. The molecule has 0 radical (unpaired) electrons. The summed E-state index contributed by atoms with van der Waals surface area (Å²) in [5.41, 5.74) is 1.98. The Hall–Kier alpha value is -0.195. The minimum atomic E-state index is 0.541. The normalized spacial score (nSPS) is 24.7. The van der Waals surface area contributed by atoms with Gasteiger partial charge in [-0.2, -0.15) is 0 Å². The lowest BCUT2D eigenvalue weighted by Crippen LogP contribution is -2.23. The van der Waals surface area contributed by atoms with Gasteiger partial charge in [-0.05, 0) is 42.4 Å². The van der Waals surface area contributed by atoms with E-state index in [0.717, 1.165) is 36.2 Å². The molecule has 0 aromatic rings. The first-order valence-electron chi connectivity index (χ1n) is 10.7. The predicted molar refractivity (Wildman–Crippen MR) is 113 cm³/mol. The first-order chi connectivity index (χ1) is 11.1. The average Bonchev–Trinajstić information content (AvgIpc) is 3.10. The van der Waals surface area contributed by atoms with Crippen LogP contribution in [0, 0.1) is 29.1 Å². The van der Waals surface area contributed by atoms with Crippen molar-refractivity contribution in [3.8, 4) is 0 Å². The number of allylic oxidation sites excluding steroid dienone is 1. The van der Waals surface area contributed by atoms with Crippen LogP contribution in [-0.4, -0.2) is 6.71 Å². The Kier molecular flexibility index (Phi) is 8.64. The van der Waals surface area contributed by atoms with Crippen LogP contribution in [0.4, 0.5) is 0 Å². The molecule has 1 unspecified atom stereocenters. The quantitative estimate of drug-likeness (QED) is 0.251. The van der Waals surface area contributed by atoms with Crippen LogP contribution in [0.5, 0.6) is 0 Å². The Bertz CT molecular complexity index is 369. The van der Waals surface area contributed by atoms with E-state index in [2.05, 4.69) is 62.0 Å². The molecule has 140 valence electrons. The minimum Gasteiger partial charge on any atom is -0.0998 e. The molecule has 0 aromatic carbocycles. The molecule has 0 bridgehead atoms. The standard InChI is InChI=1S/C23H45B/c1-17(2)10-11-21(20(7)8)23(9)16-22(23)24(14-12-18(3)4)15-13-19(5)6/h17-19,21-22H,7,10-16H2,1-6,8-9H3/t21?,22-,23-/m0/s1. The van der Waals surface area contributed by atoms with Gasteiger partial charge in [0.2, 0.25) is 0 Å². The SMILES string of the molecule is C=C(C)C(CCC(C)C)[C@]1(C)C[C@@H]1B(CCC(C)C)CCC(C)C. The van der Waals surface area contributed by atoms with Gasteiger partial charge in [-0.25, -0.2) is 0 Å². The molecule has 0 aliphatic heterocycles. The molecule has 1 rings (SSSR count). The van der Waals surface area contributed by atoms with Crippen LogP contribution in [0.25, 0.3) is 0 Å². The molecule has 1 heteroatoms. The van der Waals surface area contributed by atoms with Gasteiger partial charge in [-0.1, -0.05) is 105 Å². The molecule has 0 aromatic heterocycles. The molecular weight excluding hydrogens is 287 g/mol. The monoisotopic (exact) mass is 332 g/mol. The highest BCUT2D eigenvalue weighted by Crippen LogP contribution is 2.67. The van der Waals surface area contributed by atoms with Crippen LogP contribution in [0.1, 0.15) is 87.5 Å². The van der Waals surface area contributed by atoms with Gasteiger partial charge in [0.1, 0.15) is 6.71 Å². The van der Waals surface area contributed by atoms with Crippen molar-refractivity contribution >= 4 is 6.71 Å². The largest absolute Gasteiger partial charge is 0.143 e. The zero-order chi connectivity index (χ0) is 18.5. The third-order valence-corrected chi connectivity index (χ3v) is 6.57. The highest BCUT2D eigenvalue weighted by Gasteiger charge is 2.57. The number of hydrogen-bond acceptors (Lipinski definition) is 0. The molecule has 0 spiro atoms. The van der Waals surface area contributed by atoms with Crippen molar-refractivity contribution in [2.24, 2.45) is 29.1 Å². The molecule has 0 amide bonds. The second-order valence-corrected chi connectivity index (χ2v) is 10.4. The lowest BCUT2D eigenvalue weighted by atomic mass is 9.38. The highest BCUT2D eigenvalue weighted by molar-refractivity contribution is 6.61. The summed E-state index contributed by atoms with van der Waals surface area (Å²) in [6.45, 7) is 24.4. The van der Waals surface area contributed by atoms with Crippen molar-refractivity contribution in [2.45, 2.75) is 106 Å². The number of hydrogen-bond donors (Lipinski definition) is 0. The van der Waals surface area contributed by atoms with E-state index in [9.17, 15) is 0 Å². The Morgan fingerprint density at radius 2 is 1.38 bits per heavy atom. The van der Waals surface area contributed by atoms with E-state index in [0.29, 0.717) is 5.41 Å². The van der Waals surface area contributed by atoms with Gasteiger partial charge in [0, 0.05) is 0 Å². The summed E-state index contributed by atoms with van der Waals surface area (Å²) in [5, 5.41) is 0. The fourth-order valence-corrected chi connectivity index (χ4v) is 4.80. The van der Waals surface area contributed by atoms with Gasteiger partial charge in [0.05, 0.1) is 0 Å². The van der Waals surface area contributed by atoms with Crippen molar-refractivity contribution in [1.82, 2.24) is 0 Å².